The molecule has 1 fully saturated rings. The Hall–Kier alpha value is -7.56. The number of H-pyrrole nitrogens is 1. The lowest BCUT2D eigenvalue weighted by molar-refractivity contribution is -0.148. The van der Waals surface area contributed by atoms with E-state index in [2.05, 4.69) is 31.6 Å². The molecule has 0 aliphatic carbocycles. The summed E-state index contributed by atoms with van der Waals surface area (Å²) in [5.74, 6) is -3.83. The van der Waals surface area contributed by atoms with Gasteiger partial charge in [0.2, 0.25) is 35.4 Å². The summed E-state index contributed by atoms with van der Waals surface area (Å²) in [6.07, 6.45) is 3.09. The normalized spacial score (nSPS) is 16.8. The summed E-state index contributed by atoms with van der Waals surface area (Å²) < 4.78 is 17.8. The summed E-state index contributed by atoms with van der Waals surface area (Å²) >= 11 is 0. The van der Waals surface area contributed by atoms with Gasteiger partial charge in [-0.15, -0.1) is 0 Å². The Labute approximate surface area is 507 Å². The maximum absolute atomic E-state index is 14.8. The number of primary amides is 1. The van der Waals surface area contributed by atoms with E-state index in [4.69, 9.17) is 25.7 Å². The van der Waals surface area contributed by atoms with Crippen LogP contribution in [-0.2, 0) is 62.4 Å². The molecule has 1 aromatic heterocycles. The lowest BCUT2D eigenvalue weighted by Crippen LogP contribution is -2.60. The number of nitrogens with two attached hydrogens (primary N) is 2. The first-order chi connectivity index (χ1) is 40.9. The van der Waals surface area contributed by atoms with Gasteiger partial charge in [-0.05, 0) is 98.1 Å². The molecule has 1 saturated heterocycles. The van der Waals surface area contributed by atoms with Crippen molar-refractivity contribution in [3.63, 3.8) is 0 Å². The van der Waals surface area contributed by atoms with Crippen LogP contribution in [0.1, 0.15) is 111 Å². The van der Waals surface area contributed by atoms with Crippen molar-refractivity contribution in [1.29, 1.82) is 0 Å². The summed E-state index contributed by atoms with van der Waals surface area (Å²) in [5, 5.41) is 15.1. The number of ether oxygens (including phenoxy) is 3. The van der Waals surface area contributed by atoms with Crippen LogP contribution in [-0.4, -0.2) is 163 Å². The van der Waals surface area contributed by atoms with E-state index >= 15 is 0 Å². The van der Waals surface area contributed by atoms with Crippen molar-refractivity contribution >= 4 is 64.2 Å². The third kappa shape index (κ3) is 19.2. The minimum Gasteiger partial charge on any atom is -0.445 e. The molecule has 9 amide bonds. The predicted molar refractivity (Wildman–Crippen MR) is 331 cm³/mol. The maximum Gasteiger partial charge on any atom is 0.410 e. The molecule has 22 heteroatoms. The molecule has 0 bridgehead atoms. The molecule has 5 rings (SSSR count). The van der Waals surface area contributed by atoms with Crippen LogP contribution < -0.4 is 38.1 Å². The Kier molecular flexibility index (Phi) is 26.9. The topological polar surface area (TPSA) is 302 Å². The number of nitrogens with zero attached hydrogens (tertiary/aromatic N) is 3. The Bertz CT molecular complexity index is 2870. The van der Waals surface area contributed by atoms with Crippen LogP contribution in [0.3, 0.4) is 0 Å². The molecule has 0 spiro atoms. The van der Waals surface area contributed by atoms with Crippen LogP contribution >= 0.6 is 0 Å². The van der Waals surface area contributed by atoms with Crippen molar-refractivity contribution < 1.29 is 52.6 Å². The van der Waals surface area contributed by atoms with Crippen molar-refractivity contribution in [3.8, 4) is 0 Å². The molecule has 3 aromatic carbocycles. The van der Waals surface area contributed by atoms with Crippen molar-refractivity contribution in [3.05, 3.63) is 102 Å². The smallest absolute Gasteiger partial charge is 0.410 e. The van der Waals surface area contributed by atoms with E-state index in [0.717, 1.165) is 28.5 Å². The second-order valence-electron chi connectivity index (χ2n) is 23.6. The lowest BCUT2D eigenvalue weighted by Gasteiger charge is -2.41. The maximum atomic E-state index is 14.8. The second-order valence-corrected chi connectivity index (χ2v) is 23.6. The number of amides is 9. The number of urea groups is 1. The molecule has 22 nitrogen and oxygen atoms in total. The first-order valence-electron chi connectivity index (χ1n) is 30.1. The Morgan fingerprint density at radius 1 is 0.756 bits per heavy atom. The van der Waals surface area contributed by atoms with E-state index in [1.807, 2.05) is 96.1 Å². The largest absolute Gasteiger partial charge is 0.445 e. The van der Waals surface area contributed by atoms with Gasteiger partial charge in [0.05, 0.1) is 42.7 Å². The average Bonchev–Trinajstić information content (AvgIpc) is 2.77. The van der Waals surface area contributed by atoms with Gasteiger partial charge in [-0.25, -0.2) is 9.59 Å². The Morgan fingerprint density at radius 2 is 1.43 bits per heavy atom. The molecule has 2 heterocycles. The number of fused-ring (bicyclic) bond motifs is 1. The second kappa shape index (κ2) is 33.4. The highest BCUT2D eigenvalue weighted by molar-refractivity contribution is 5.98. The highest BCUT2D eigenvalue weighted by Gasteiger charge is 2.44. The quantitative estimate of drug-likeness (QED) is 0.0261. The predicted octanol–water partition coefficient (Wildman–Crippen LogP) is 6.01. The standard InChI is InChI=1S/C64H95N11O11/c1-13-40(6)56(52(84-11)35-53(76)75-32-20-26-51(75)57(85-12)42(8)58(77)69-41(7)33-43-21-15-14-16-22-43)73(9)62(81)54(38(2)3)72-61(80)55(39(4)5)74(10)64(83)86-37-44-27-29-46(30-28-44)70-60(79)50(25-19-31-67-63(66)82)71-59(78)48(65)34-45-36-68-49-24-18-17-23-47(45)49/h14-18,21-24,27-30,36,38-42,48,50-52,54-57,68H,13,19-20,25-26,31-35,37,65H2,1-12H3,(H,69,77)(H,70,79)(H,71,78)(H,72,80)(H3,66,67,82)/t40-,41+,42+,48?,50-,51-,52+,54-,55-,56-,57+/m0/s1. The number of methoxy groups -OCH3 is 2. The molecule has 0 saturated carbocycles. The van der Waals surface area contributed by atoms with E-state index in [0.29, 0.717) is 43.5 Å². The highest BCUT2D eigenvalue weighted by atomic mass is 16.6. The zero-order valence-electron chi connectivity index (χ0n) is 52.4. The van der Waals surface area contributed by atoms with Crippen LogP contribution in [0.4, 0.5) is 15.3 Å². The molecule has 1 aliphatic heterocycles. The summed E-state index contributed by atoms with van der Waals surface area (Å²) in [6, 6.07) is 18.3. The van der Waals surface area contributed by atoms with Crippen molar-refractivity contribution in [1.82, 2.24) is 41.0 Å². The molecule has 86 heavy (non-hydrogen) atoms. The number of rotatable bonds is 32. The van der Waals surface area contributed by atoms with Gasteiger partial charge in [-0.1, -0.05) is 116 Å². The Morgan fingerprint density at radius 3 is 2.06 bits per heavy atom. The van der Waals surface area contributed by atoms with Gasteiger partial charge in [-0.3, -0.25) is 33.7 Å². The molecule has 11 atom stereocenters. The number of aromatic nitrogens is 1. The van der Waals surface area contributed by atoms with Crippen LogP contribution in [0.5, 0.6) is 0 Å². The molecule has 1 aliphatic rings. The average molecular weight is 1190 g/mol. The van der Waals surface area contributed by atoms with Gasteiger partial charge in [0.1, 0.15) is 24.7 Å². The first-order valence-corrected chi connectivity index (χ1v) is 30.1. The number of hydrogen-bond acceptors (Lipinski definition) is 12. The third-order valence-electron chi connectivity index (χ3n) is 16.5. The number of carbonyl (C=O) groups is 8. The van der Waals surface area contributed by atoms with E-state index in [9.17, 15) is 38.4 Å². The number of likely N-dealkylation sites (N-methyl/N-ethyl adjacent to an activating group) is 2. The SMILES string of the molecule is CC[C@H](C)[C@@H]([C@@H](CC(=O)N1CCC[C@H]1[C@H](OC)[C@@H](C)C(=O)N[C@H](C)Cc1ccccc1)OC)N(C)C(=O)[C@@H](NC(=O)[C@H](C(C)C)N(C)C(=O)OCc1ccc(NC(=O)[C@H](CCCNC(N)=O)NC(=O)C(N)Cc2c[nH]c3ccccc23)cc1)C(C)C. The molecule has 1 unspecified atom stereocenters. The minimum absolute atomic E-state index is 0.0433. The molecule has 472 valence electrons. The van der Waals surface area contributed by atoms with Gasteiger partial charge < -0.3 is 67.0 Å². The molecule has 4 aromatic rings. The first kappa shape index (κ1) is 69.2. The van der Waals surface area contributed by atoms with Crippen LogP contribution in [0, 0.1) is 23.7 Å². The van der Waals surface area contributed by atoms with Crippen LogP contribution in [0.2, 0.25) is 0 Å². The van der Waals surface area contributed by atoms with Gasteiger partial charge in [0, 0.05) is 70.2 Å². The fourth-order valence-corrected chi connectivity index (χ4v) is 11.6. The number of anilines is 1. The monoisotopic (exact) mass is 1190 g/mol. The molecular weight excluding hydrogens is 1100 g/mol. The number of nitrogens with one attached hydrogen (secondary N) is 6. The van der Waals surface area contributed by atoms with E-state index in [1.165, 1.54) is 19.1 Å². The van der Waals surface area contributed by atoms with E-state index < -0.39 is 84.1 Å². The lowest BCUT2D eigenvalue weighted by atomic mass is 9.89. The fourth-order valence-electron chi connectivity index (χ4n) is 11.6. The number of carbonyl (C=O) groups excluding carboxylic acids is 8. The van der Waals surface area contributed by atoms with E-state index in [1.54, 1.807) is 68.3 Å². The van der Waals surface area contributed by atoms with Gasteiger partial charge in [-0.2, -0.15) is 0 Å². The van der Waals surface area contributed by atoms with Gasteiger partial charge in [0.15, 0.2) is 0 Å². The number of benzene rings is 3. The van der Waals surface area contributed by atoms with Crippen LogP contribution in [0.15, 0.2) is 85.1 Å². The van der Waals surface area contributed by atoms with Crippen molar-refractivity contribution in [2.24, 2.45) is 35.1 Å². The molecule has 10 N–H and O–H groups in total. The summed E-state index contributed by atoms with van der Waals surface area (Å²) in [5.41, 5.74) is 15.4. The number of para-hydroxylation sites is 1. The molecular formula is C64H95N11O11. The van der Waals surface area contributed by atoms with Crippen LogP contribution in [0.25, 0.3) is 10.9 Å². The molecule has 0 radical (unpaired) electrons. The van der Waals surface area contributed by atoms with Gasteiger partial charge >= 0.3 is 12.1 Å². The highest BCUT2D eigenvalue weighted by Crippen LogP contribution is 2.30. The summed E-state index contributed by atoms with van der Waals surface area (Å²) in [6.45, 7) is 15.5. The number of likely N-dealkylation sites (tertiary alicyclic amines) is 1. The number of aromatic amines is 1. The van der Waals surface area contributed by atoms with Crippen molar-refractivity contribution in [2.75, 3.05) is 46.7 Å². The zero-order chi connectivity index (χ0) is 63.4. The number of hydrogen-bond donors (Lipinski definition) is 8. The Balaban J connectivity index is 1.18. The van der Waals surface area contributed by atoms with Gasteiger partial charge in [0.25, 0.3) is 0 Å². The van der Waals surface area contributed by atoms with E-state index in [-0.39, 0.29) is 74.1 Å². The fraction of sp³-hybridized carbons (Fsp3) is 0.562. The zero-order valence-corrected chi connectivity index (χ0v) is 52.4. The summed E-state index contributed by atoms with van der Waals surface area (Å²) in [4.78, 5) is 117. The third-order valence-corrected chi connectivity index (χ3v) is 16.5. The minimum atomic E-state index is -1.05. The summed E-state index contributed by atoms with van der Waals surface area (Å²) in [7, 11) is 6.22. The van der Waals surface area contributed by atoms with Crippen molar-refractivity contribution in [2.45, 2.75) is 168 Å².